The van der Waals surface area contributed by atoms with Gasteiger partial charge in [0.2, 0.25) is 17.6 Å². The summed E-state index contributed by atoms with van der Waals surface area (Å²) in [5, 5.41) is 12.9. The fourth-order valence-corrected chi connectivity index (χ4v) is 3.56. The first kappa shape index (κ1) is 20.5. The zero-order valence-electron chi connectivity index (χ0n) is 16.5. The lowest BCUT2D eigenvalue weighted by Gasteiger charge is -2.42. The zero-order chi connectivity index (χ0) is 21.3. The van der Waals surface area contributed by atoms with Gasteiger partial charge in [-0.2, -0.15) is 0 Å². The zero-order valence-corrected chi connectivity index (χ0v) is 16.5. The predicted molar refractivity (Wildman–Crippen MR) is 103 cm³/mol. The Balaban J connectivity index is 1.83. The summed E-state index contributed by atoms with van der Waals surface area (Å²) in [7, 11) is 0. The molecule has 0 radical (unpaired) electrons. The van der Waals surface area contributed by atoms with Crippen molar-refractivity contribution in [3.63, 3.8) is 0 Å². The predicted octanol–water partition coefficient (Wildman–Crippen LogP) is 1.04. The third-order valence-corrected chi connectivity index (χ3v) is 5.10. The second-order valence-electron chi connectivity index (χ2n) is 7.50. The van der Waals surface area contributed by atoms with Crippen molar-refractivity contribution in [3.8, 4) is 5.75 Å². The average Bonchev–Trinajstić information content (AvgIpc) is 2.65. The highest BCUT2D eigenvalue weighted by Crippen LogP contribution is 2.30. The number of hydrogen-bond donors (Lipinski definition) is 2. The SMILES string of the molecule is CC(=O)N1CCn2c(nc(CC(=O)NCc3ccc(F)cc3)c(O)c2=O)C1(C)C. The third kappa shape index (κ3) is 3.98. The fourth-order valence-electron chi connectivity index (χ4n) is 3.56. The number of aromatic nitrogens is 2. The van der Waals surface area contributed by atoms with Crippen LogP contribution >= 0.6 is 0 Å². The van der Waals surface area contributed by atoms with Gasteiger partial charge >= 0.3 is 0 Å². The minimum Gasteiger partial charge on any atom is -0.502 e. The molecule has 3 rings (SSSR count). The molecule has 0 spiro atoms. The van der Waals surface area contributed by atoms with Gasteiger partial charge in [0.05, 0.1) is 17.7 Å². The molecule has 2 aromatic rings. The van der Waals surface area contributed by atoms with Crippen molar-refractivity contribution < 1.29 is 19.1 Å². The molecule has 8 nitrogen and oxygen atoms in total. The first-order chi connectivity index (χ1) is 13.6. The molecule has 29 heavy (non-hydrogen) atoms. The number of aromatic hydroxyl groups is 1. The van der Waals surface area contributed by atoms with E-state index in [0.29, 0.717) is 17.9 Å². The van der Waals surface area contributed by atoms with Crippen LogP contribution in [0.3, 0.4) is 0 Å². The molecule has 2 amide bonds. The van der Waals surface area contributed by atoms with Gasteiger partial charge < -0.3 is 15.3 Å². The molecule has 1 aromatic carbocycles. The molecule has 0 saturated heterocycles. The van der Waals surface area contributed by atoms with Gasteiger partial charge in [0, 0.05) is 26.6 Å². The second-order valence-corrected chi connectivity index (χ2v) is 7.50. The number of hydrogen-bond acceptors (Lipinski definition) is 5. The summed E-state index contributed by atoms with van der Waals surface area (Å²) in [4.78, 5) is 42.8. The largest absolute Gasteiger partial charge is 0.502 e. The van der Waals surface area contributed by atoms with E-state index in [9.17, 15) is 23.9 Å². The highest BCUT2D eigenvalue weighted by molar-refractivity contribution is 5.78. The van der Waals surface area contributed by atoms with E-state index in [1.54, 1.807) is 30.9 Å². The Kier molecular flexibility index (Phi) is 5.41. The van der Waals surface area contributed by atoms with E-state index in [0.717, 1.165) is 0 Å². The maximum atomic E-state index is 13.0. The Hall–Kier alpha value is -3.23. The molecule has 9 heteroatoms. The van der Waals surface area contributed by atoms with Crippen molar-refractivity contribution in [3.05, 3.63) is 57.5 Å². The van der Waals surface area contributed by atoms with Crippen LogP contribution in [-0.2, 0) is 34.6 Å². The van der Waals surface area contributed by atoms with Gasteiger partial charge in [0.15, 0.2) is 0 Å². The van der Waals surface area contributed by atoms with Crippen molar-refractivity contribution in [1.29, 1.82) is 0 Å². The van der Waals surface area contributed by atoms with Crippen LogP contribution in [0.2, 0.25) is 0 Å². The van der Waals surface area contributed by atoms with E-state index in [2.05, 4.69) is 10.3 Å². The van der Waals surface area contributed by atoms with Gasteiger partial charge in [-0.05, 0) is 31.5 Å². The number of rotatable bonds is 4. The monoisotopic (exact) mass is 402 g/mol. The number of fused-ring (bicyclic) bond motifs is 1. The van der Waals surface area contributed by atoms with Crippen molar-refractivity contribution in [2.45, 2.75) is 45.8 Å². The molecule has 1 aromatic heterocycles. The van der Waals surface area contributed by atoms with Crippen molar-refractivity contribution in [2.24, 2.45) is 0 Å². The molecular formula is C20H23FN4O4. The van der Waals surface area contributed by atoms with E-state index < -0.39 is 22.8 Å². The molecule has 2 heterocycles. The molecule has 0 fully saturated rings. The number of carbonyl (C=O) groups excluding carboxylic acids is 2. The summed E-state index contributed by atoms with van der Waals surface area (Å²) < 4.78 is 14.3. The molecule has 0 aliphatic carbocycles. The molecule has 0 bridgehead atoms. The van der Waals surface area contributed by atoms with Crippen LogP contribution in [0.4, 0.5) is 4.39 Å². The van der Waals surface area contributed by atoms with E-state index >= 15 is 0 Å². The summed E-state index contributed by atoms with van der Waals surface area (Å²) >= 11 is 0. The highest BCUT2D eigenvalue weighted by atomic mass is 19.1. The Labute approximate surface area is 167 Å². The number of benzene rings is 1. The second kappa shape index (κ2) is 7.65. The summed E-state index contributed by atoms with van der Waals surface area (Å²) in [6.45, 7) is 5.69. The smallest absolute Gasteiger partial charge is 0.296 e. The molecule has 0 atom stereocenters. The van der Waals surface area contributed by atoms with Crippen LogP contribution in [0.5, 0.6) is 5.75 Å². The lowest BCUT2D eigenvalue weighted by Crippen LogP contribution is -2.54. The van der Waals surface area contributed by atoms with Crippen LogP contribution in [0, 0.1) is 5.82 Å². The quantitative estimate of drug-likeness (QED) is 0.795. The highest BCUT2D eigenvalue weighted by Gasteiger charge is 2.39. The standard InChI is InChI=1S/C20H23FN4O4/c1-12(26)25-9-8-24-18(29)17(28)15(23-19(24)20(25,2)3)10-16(27)22-11-13-4-6-14(21)7-5-13/h4-7,28H,8-11H2,1-3H3,(H,22,27). The number of halogens is 1. The Morgan fingerprint density at radius 3 is 2.52 bits per heavy atom. The summed E-state index contributed by atoms with van der Waals surface area (Å²) in [5.74, 6) is -1.22. The van der Waals surface area contributed by atoms with E-state index in [-0.39, 0.29) is 36.9 Å². The van der Waals surface area contributed by atoms with Crippen molar-refractivity contribution >= 4 is 11.8 Å². The van der Waals surface area contributed by atoms with Gasteiger partial charge in [-0.1, -0.05) is 12.1 Å². The molecule has 0 saturated carbocycles. The van der Waals surface area contributed by atoms with Crippen molar-refractivity contribution in [2.75, 3.05) is 6.54 Å². The van der Waals surface area contributed by atoms with Crippen LogP contribution in [0.15, 0.2) is 29.1 Å². The number of nitrogens with one attached hydrogen (secondary N) is 1. The van der Waals surface area contributed by atoms with Crippen molar-refractivity contribution in [1.82, 2.24) is 19.8 Å². The third-order valence-electron chi connectivity index (χ3n) is 5.10. The minimum absolute atomic E-state index is 0.0451. The van der Waals surface area contributed by atoms with E-state index in [1.807, 2.05) is 0 Å². The first-order valence-electron chi connectivity index (χ1n) is 9.23. The number of nitrogens with zero attached hydrogens (tertiary/aromatic N) is 3. The summed E-state index contributed by atoms with van der Waals surface area (Å²) in [6.07, 6.45) is -0.299. The minimum atomic E-state index is -0.865. The van der Waals surface area contributed by atoms with E-state index in [1.165, 1.54) is 23.6 Å². The maximum Gasteiger partial charge on any atom is 0.296 e. The Morgan fingerprint density at radius 2 is 1.90 bits per heavy atom. The molecule has 2 N–H and O–H groups in total. The lowest BCUT2D eigenvalue weighted by atomic mass is 9.98. The lowest BCUT2D eigenvalue weighted by molar-refractivity contribution is -0.136. The summed E-state index contributed by atoms with van der Waals surface area (Å²) in [5.41, 5.74) is -0.833. The molecule has 0 unspecified atom stereocenters. The van der Waals surface area contributed by atoms with Gasteiger partial charge in [-0.15, -0.1) is 0 Å². The Morgan fingerprint density at radius 1 is 1.24 bits per heavy atom. The first-order valence-corrected chi connectivity index (χ1v) is 9.23. The van der Waals surface area contributed by atoms with E-state index in [4.69, 9.17) is 0 Å². The maximum absolute atomic E-state index is 13.0. The molecule has 1 aliphatic heterocycles. The topological polar surface area (TPSA) is 105 Å². The van der Waals surface area contributed by atoms with Crippen LogP contribution < -0.4 is 10.9 Å². The summed E-state index contributed by atoms with van der Waals surface area (Å²) in [6, 6.07) is 5.69. The normalized spacial score (nSPS) is 15.0. The molecular weight excluding hydrogens is 379 g/mol. The number of carbonyl (C=O) groups is 2. The van der Waals surface area contributed by atoms with Gasteiger partial charge in [0.25, 0.3) is 5.56 Å². The fraction of sp³-hybridized carbons (Fsp3) is 0.400. The van der Waals surface area contributed by atoms with Crippen LogP contribution in [0.25, 0.3) is 0 Å². The number of amides is 2. The van der Waals surface area contributed by atoms with Crippen LogP contribution in [0.1, 0.15) is 37.9 Å². The van der Waals surface area contributed by atoms with Crippen LogP contribution in [-0.4, -0.2) is 37.9 Å². The molecule has 154 valence electrons. The Bertz CT molecular complexity index is 1010. The molecule has 1 aliphatic rings. The average molecular weight is 402 g/mol. The van der Waals surface area contributed by atoms with Gasteiger partial charge in [-0.3, -0.25) is 19.0 Å². The van der Waals surface area contributed by atoms with Gasteiger partial charge in [-0.25, -0.2) is 9.37 Å². The van der Waals surface area contributed by atoms with Gasteiger partial charge in [0.1, 0.15) is 11.6 Å².